The molecule has 2 aromatic carbocycles. The highest BCUT2D eigenvalue weighted by molar-refractivity contribution is 6.32. The lowest BCUT2D eigenvalue weighted by atomic mass is 9.92. The van der Waals surface area contributed by atoms with Gasteiger partial charge in [0.1, 0.15) is 5.82 Å². The molecule has 1 unspecified atom stereocenters. The average Bonchev–Trinajstić information content (AvgIpc) is 2.74. The van der Waals surface area contributed by atoms with E-state index in [9.17, 15) is 22.8 Å². The first kappa shape index (κ1) is 25.6. The minimum Gasteiger partial charge on any atom is -0.351 e. The molecule has 0 spiro atoms. The molecule has 10 heteroatoms. The van der Waals surface area contributed by atoms with Gasteiger partial charge in [0.05, 0.1) is 27.9 Å². The van der Waals surface area contributed by atoms with Gasteiger partial charge in [0, 0.05) is 17.5 Å². The van der Waals surface area contributed by atoms with E-state index in [4.69, 9.17) is 11.6 Å². The van der Waals surface area contributed by atoms with E-state index in [1.165, 1.54) is 24.3 Å². The van der Waals surface area contributed by atoms with Gasteiger partial charge in [-0.2, -0.15) is 13.2 Å². The van der Waals surface area contributed by atoms with Gasteiger partial charge in [0.15, 0.2) is 0 Å². The number of carbonyl (C=O) groups is 2. The maximum Gasteiger partial charge on any atom is 0.416 e. The normalized spacial score (nSPS) is 16.7. The lowest BCUT2D eigenvalue weighted by Crippen LogP contribution is -2.43. The summed E-state index contributed by atoms with van der Waals surface area (Å²) in [6.07, 6.45) is -4.49. The van der Waals surface area contributed by atoms with Crippen molar-refractivity contribution in [1.82, 2.24) is 16.0 Å². The van der Waals surface area contributed by atoms with Crippen molar-refractivity contribution < 1.29 is 27.2 Å². The lowest BCUT2D eigenvalue weighted by molar-refractivity contribution is -0.137. The van der Waals surface area contributed by atoms with Crippen LogP contribution in [0, 0.1) is 11.2 Å². The SMILES string of the molecule is CC1=C(c2c(Cl)ccc(CNC(=O)C(C)(C)C)c2F)NC(=O)NC1c1ccc(C(F)(F)F)cc1. The maximum atomic E-state index is 15.5. The third-order valence-electron chi connectivity index (χ3n) is 5.45. The van der Waals surface area contributed by atoms with Crippen LogP contribution in [0.2, 0.25) is 5.02 Å². The van der Waals surface area contributed by atoms with Crippen molar-refractivity contribution in [2.45, 2.75) is 46.5 Å². The summed E-state index contributed by atoms with van der Waals surface area (Å²) in [5, 5.41) is 7.90. The van der Waals surface area contributed by atoms with Crippen LogP contribution < -0.4 is 16.0 Å². The summed E-state index contributed by atoms with van der Waals surface area (Å²) in [7, 11) is 0. The predicted molar refractivity (Wildman–Crippen MR) is 121 cm³/mol. The fourth-order valence-corrected chi connectivity index (χ4v) is 3.73. The molecule has 1 atom stereocenters. The quantitative estimate of drug-likeness (QED) is 0.457. The number of carbonyl (C=O) groups excluding carboxylic acids is 2. The van der Waals surface area contributed by atoms with Gasteiger partial charge in [-0.3, -0.25) is 4.79 Å². The Kier molecular flexibility index (Phi) is 6.98. The van der Waals surface area contributed by atoms with Gasteiger partial charge in [-0.25, -0.2) is 9.18 Å². The first-order chi connectivity index (χ1) is 15.7. The molecule has 0 radical (unpaired) electrons. The summed E-state index contributed by atoms with van der Waals surface area (Å²) in [6.45, 7) is 6.71. The Morgan fingerprint density at radius 3 is 2.26 bits per heavy atom. The lowest BCUT2D eigenvalue weighted by Gasteiger charge is -2.30. The van der Waals surface area contributed by atoms with Crippen molar-refractivity contribution in [3.05, 3.63) is 75.1 Å². The van der Waals surface area contributed by atoms with Gasteiger partial charge in [-0.15, -0.1) is 0 Å². The molecule has 3 rings (SSSR count). The van der Waals surface area contributed by atoms with Gasteiger partial charge < -0.3 is 16.0 Å². The van der Waals surface area contributed by atoms with Crippen molar-refractivity contribution in [3.63, 3.8) is 0 Å². The van der Waals surface area contributed by atoms with E-state index in [0.717, 1.165) is 12.1 Å². The zero-order chi connectivity index (χ0) is 25.4. The summed E-state index contributed by atoms with van der Waals surface area (Å²) in [6, 6.07) is 5.80. The highest BCUT2D eigenvalue weighted by Crippen LogP contribution is 2.37. The molecule has 34 heavy (non-hydrogen) atoms. The second kappa shape index (κ2) is 9.29. The Balaban J connectivity index is 2.00. The van der Waals surface area contributed by atoms with E-state index >= 15 is 4.39 Å². The standard InChI is InChI=1S/C24H24ClF4N3O2/c1-12-19(13-5-8-15(9-6-13)24(27,28)29)31-22(34)32-20(12)17-16(25)10-7-14(18(17)26)11-30-21(33)23(2,3)4/h5-10,19H,11H2,1-4H3,(H,30,33)(H2,31,32,34). The summed E-state index contributed by atoms with van der Waals surface area (Å²) < 4.78 is 54.3. The number of amides is 3. The molecule has 0 aromatic heterocycles. The highest BCUT2D eigenvalue weighted by atomic mass is 35.5. The molecular formula is C24H24ClF4N3O2. The fraction of sp³-hybridized carbons (Fsp3) is 0.333. The van der Waals surface area contributed by atoms with Crippen LogP contribution in [0.1, 0.15) is 56.0 Å². The van der Waals surface area contributed by atoms with Crippen molar-refractivity contribution in [2.75, 3.05) is 0 Å². The molecule has 0 saturated heterocycles. The molecule has 1 heterocycles. The van der Waals surface area contributed by atoms with Crippen LogP contribution in [0.15, 0.2) is 42.0 Å². The Morgan fingerprint density at radius 1 is 1.09 bits per heavy atom. The van der Waals surface area contributed by atoms with E-state index in [0.29, 0.717) is 11.1 Å². The molecule has 0 bridgehead atoms. The average molecular weight is 498 g/mol. The van der Waals surface area contributed by atoms with Crippen LogP contribution in [-0.4, -0.2) is 11.9 Å². The Labute approximate surface area is 199 Å². The van der Waals surface area contributed by atoms with Crippen LogP contribution in [0.5, 0.6) is 0 Å². The fourth-order valence-electron chi connectivity index (χ4n) is 3.49. The monoisotopic (exact) mass is 497 g/mol. The predicted octanol–water partition coefficient (Wildman–Crippen LogP) is 5.95. The highest BCUT2D eigenvalue weighted by Gasteiger charge is 2.32. The van der Waals surface area contributed by atoms with Crippen molar-refractivity contribution in [2.24, 2.45) is 5.41 Å². The Morgan fingerprint density at radius 2 is 1.71 bits per heavy atom. The summed E-state index contributed by atoms with van der Waals surface area (Å²) in [5.41, 5.74) is -0.427. The second-order valence-corrected chi connectivity index (χ2v) is 9.44. The molecule has 3 amide bonds. The van der Waals surface area contributed by atoms with Crippen molar-refractivity contribution >= 4 is 29.2 Å². The number of nitrogens with one attached hydrogen (secondary N) is 3. The van der Waals surface area contributed by atoms with Gasteiger partial charge in [-0.1, -0.05) is 50.6 Å². The number of rotatable bonds is 4. The van der Waals surface area contributed by atoms with Crippen LogP contribution in [0.3, 0.4) is 0 Å². The van der Waals surface area contributed by atoms with Crippen LogP contribution in [0.25, 0.3) is 5.70 Å². The molecular weight excluding hydrogens is 474 g/mol. The van der Waals surface area contributed by atoms with E-state index < -0.39 is 35.0 Å². The van der Waals surface area contributed by atoms with Crippen molar-refractivity contribution in [3.8, 4) is 0 Å². The molecule has 182 valence electrons. The smallest absolute Gasteiger partial charge is 0.351 e. The topological polar surface area (TPSA) is 70.2 Å². The van der Waals surface area contributed by atoms with E-state index in [1.807, 2.05) is 0 Å². The molecule has 0 saturated carbocycles. The Bertz CT molecular complexity index is 1150. The van der Waals surface area contributed by atoms with Crippen molar-refractivity contribution in [1.29, 1.82) is 0 Å². The molecule has 1 aliphatic rings. The first-order valence-corrected chi connectivity index (χ1v) is 10.8. The summed E-state index contributed by atoms with van der Waals surface area (Å²) in [5.74, 6) is -0.985. The minimum absolute atomic E-state index is 0.0334. The molecule has 3 N–H and O–H groups in total. The zero-order valence-electron chi connectivity index (χ0n) is 19.0. The zero-order valence-corrected chi connectivity index (χ0v) is 19.7. The second-order valence-electron chi connectivity index (χ2n) is 9.04. The third-order valence-corrected chi connectivity index (χ3v) is 5.77. The number of alkyl halides is 3. The number of urea groups is 1. The molecule has 5 nitrogen and oxygen atoms in total. The molecule has 2 aromatic rings. The van der Waals surface area contributed by atoms with Gasteiger partial charge >= 0.3 is 12.2 Å². The number of halogens is 5. The largest absolute Gasteiger partial charge is 0.416 e. The van der Waals surface area contributed by atoms with E-state index in [2.05, 4.69) is 16.0 Å². The molecule has 1 aliphatic heterocycles. The minimum atomic E-state index is -4.49. The molecule has 0 aliphatic carbocycles. The van der Waals surface area contributed by atoms with Crippen LogP contribution in [0.4, 0.5) is 22.4 Å². The van der Waals surface area contributed by atoms with E-state index in [1.54, 1.807) is 27.7 Å². The van der Waals surface area contributed by atoms with E-state index in [-0.39, 0.29) is 34.3 Å². The maximum absolute atomic E-state index is 15.5. The number of benzene rings is 2. The van der Waals surface area contributed by atoms with Gasteiger partial charge in [0.25, 0.3) is 0 Å². The number of hydrogen-bond donors (Lipinski definition) is 3. The first-order valence-electron chi connectivity index (χ1n) is 10.4. The molecule has 0 fully saturated rings. The van der Waals surface area contributed by atoms with Gasteiger partial charge in [0.2, 0.25) is 5.91 Å². The van der Waals surface area contributed by atoms with Gasteiger partial charge in [-0.05, 0) is 36.3 Å². The summed E-state index contributed by atoms with van der Waals surface area (Å²) >= 11 is 6.29. The van der Waals surface area contributed by atoms with Crippen LogP contribution in [-0.2, 0) is 17.5 Å². The van der Waals surface area contributed by atoms with Crippen LogP contribution >= 0.6 is 11.6 Å². The Hall–Kier alpha value is -3.07. The summed E-state index contributed by atoms with van der Waals surface area (Å²) in [4.78, 5) is 24.6. The third kappa shape index (κ3) is 5.35. The number of hydrogen-bond acceptors (Lipinski definition) is 2.